The van der Waals surface area contributed by atoms with Crippen molar-refractivity contribution in [2.75, 3.05) is 12.9 Å². The molecule has 5 atom stereocenters. The molecule has 1 saturated heterocycles. The van der Waals surface area contributed by atoms with Crippen LogP contribution in [0.15, 0.2) is 40.0 Å². The lowest BCUT2D eigenvalue weighted by Gasteiger charge is -2.19. The van der Waals surface area contributed by atoms with Gasteiger partial charge in [0.15, 0.2) is 22.1 Å². The summed E-state index contributed by atoms with van der Waals surface area (Å²) in [7, 11) is 0.0545. The lowest BCUT2D eigenvalue weighted by Crippen LogP contribution is -2.34. The Morgan fingerprint density at radius 2 is 2.00 bits per heavy atom. The quantitative estimate of drug-likeness (QED) is 0.165. The molecule has 0 aliphatic carbocycles. The number of hydrogen-bond donors (Lipinski definition) is 2. The van der Waals surface area contributed by atoms with Crippen molar-refractivity contribution in [3.05, 3.63) is 51.1 Å². The van der Waals surface area contributed by atoms with Crippen molar-refractivity contribution < 1.29 is 23.9 Å². The number of hydrogen-bond acceptors (Lipinski definition) is 9. The van der Waals surface area contributed by atoms with Crippen LogP contribution >= 0.6 is 35.3 Å². The molecule has 5 unspecified atom stereocenters. The van der Waals surface area contributed by atoms with Crippen molar-refractivity contribution in [1.29, 1.82) is 0 Å². The van der Waals surface area contributed by atoms with Gasteiger partial charge in [0.2, 0.25) is 5.78 Å². The normalized spacial score (nSPS) is 21.0. The minimum absolute atomic E-state index is 0. The molecule has 0 radical (unpaired) electrons. The van der Waals surface area contributed by atoms with Crippen LogP contribution in [0, 0.1) is 6.92 Å². The maximum absolute atomic E-state index is 13.3. The fourth-order valence-corrected chi connectivity index (χ4v) is 5.73. The lowest BCUT2D eigenvalue weighted by atomic mass is 10.1. The number of halogens is 1. The van der Waals surface area contributed by atoms with E-state index in [2.05, 4.69) is 30.9 Å². The highest BCUT2D eigenvalue weighted by Crippen LogP contribution is 2.40. The molecule has 5 rings (SSSR count). The number of aryl methyl sites for hydroxylation is 1. The van der Waals surface area contributed by atoms with Crippen molar-refractivity contribution in [1.82, 2.24) is 23.9 Å². The molecule has 11 nitrogen and oxygen atoms in total. The van der Waals surface area contributed by atoms with Crippen LogP contribution in [0.25, 0.3) is 28.2 Å². The van der Waals surface area contributed by atoms with Gasteiger partial charge in [-0.15, -0.1) is 11.4 Å². The monoisotopic (exact) mass is 627 g/mol. The number of nitrogens with zero attached hydrogens (tertiary/aromatic N) is 4. The SMILES string of the molecule is C.CC.CSPOC1C(COC=O)OC(n2c(Br)nc3c(=O)n4cc(-c5ccc(C)cc5)[nH]c4nc32)C1O. The number of carbonyl (C=O) groups is 1. The second-order valence-corrected chi connectivity index (χ2v) is 11.2. The van der Waals surface area contributed by atoms with Crippen LogP contribution in [0.4, 0.5) is 0 Å². The van der Waals surface area contributed by atoms with Gasteiger partial charge < -0.3 is 24.1 Å². The zero-order valence-corrected chi connectivity index (χ0v) is 23.9. The Morgan fingerprint density at radius 1 is 1.29 bits per heavy atom. The third kappa shape index (κ3) is 5.68. The second-order valence-electron chi connectivity index (χ2n) is 7.92. The second kappa shape index (κ2) is 13.2. The minimum atomic E-state index is -1.13. The number of aliphatic hydroxyl groups excluding tert-OH is 1. The predicted molar refractivity (Wildman–Crippen MR) is 154 cm³/mol. The number of aliphatic hydroxyl groups is 1. The first-order valence-electron chi connectivity index (χ1n) is 11.5. The zero-order chi connectivity index (χ0) is 26.7. The topological polar surface area (TPSA) is 133 Å². The summed E-state index contributed by atoms with van der Waals surface area (Å²) in [6, 6.07) is 7.89. The fraction of sp³-hybridized carbons (Fsp3) is 0.417. The Bertz CT molecular complexity index is 1440. The van der Waals surface area contributed by atoms with Gasteiger partial charge in [-0.25, -0.2) is 9.38 Å². The summed E-state index contributed by atoms with van der Waals surface area (Å²) >= 11 is 4.84. The van der Waals surface area contributed by atoms with E-state index < -0.39 is 24.5 Å². The first-order chi connectivity index (χ1) is 17.9. The van der Waals surface area contributed by atoms with Crippen molar-refractivity contribution in [3.63, 3.8) is 0 Å². The number of H-pyrrole nitrogens is 1. The van der Waals surface area contributed by atoms with E-state index in [0.29, 0.717) is 12.2 Å². The molecule has 1 aromatic carbocycles. The van der Waals surface area contributed by atoms with Gasteiger partial charge in [-0.1, -0.05) is 51.1 Å². The fourth-order valence-electron chi connectivity index (χ4n) is 4.06. The van der Waals surface area contributed by atoms with E-state index >= 15 is 0 Å². The summed E-state index contributed by atoms with van der Waals surface area (Å²) in [6.45, 7) is 6.22. The number of benzene rings is 1. The Balaban J connectivity index is 0.00000130. The van der Waals surface area contributed by atoms with Gasteiger partial charge in [0, 0.05) is 6.20 Å². The van der Waals surface area contributed by atoms with Gasteiger partial charge in [0.1, 0.15) is 24.9 Å². The van der Waals surface area contributed by atoms with Gasteiger partial charge in [-0.2, -0.15) is 4.98 Å². The standard InChI is InChI=1S/C21H21BrN5O6PS.C2H6.CH4/c1-10-3-5-11(6-4-10)12-7-26-18(30)14-17(25-21(26)23-12)27(20(22)24-14)19-15(29)16(33-34-35-2)13(32-19)8-31-9-28;1-2;/h3-7,9,13,15-16,19,29,34H,8H2,1-2H3,(H,23,25);1-2H3;1H4. The maximum atomic E-state index is 13.3. The first-order valence-corrected chi connectivity index (χ1v) is 15.2. The molecule has 3 aromatic heterocycles. The van der Waals surface area contributed by atoms with Crippen molar-refractivity contribution in [3.8, 4) is 11.3 Å². The summed E-state index contributed by atoms with van der Waals surface area (Å²) in [6.07, 6.45) is -0.0180. The molecule has 0 saturated carbocycles. The van der Waals surface area contributed by atoms with Crippen molar-refractivity contribution in [2.45, 2.75) is 52.7 Å². The number of fused-ring (bicyclic) bond motifs is 2. The third-order valence-electron chi connectivity index (χ3n) is 5.73. The van der Waals surface area contributed by atoms with Crippen molar-refractivity contribution in [2.24, 2.45) is 0 Å². The summed E-state index contributed by atoms with van der Waals surface area (Å²) < 4.78 is 19.9. The van der Waals surface area contributed by atoms with Crippen LogP contribution in [-0.4, -0.2) is 66.7 Å². The van der Waals surface area contributed by atoms with E-state index in [1.54, 1.807) is 6.20 Å². The molecule has 0 spiro atoms. The van der Waals surface area contributed by atoms with Crippen LogP contribution in [0.2, 0.25) is 0 Å². The number of aromatic nitrogens is 5. The highest BCUT2D eigenvalue weighted by molar-refractivity contribution is 9.10. The average Bonchev–Trinajstić information content (AvgIpc) is 3.57. The van der Waals surface area contributed by atoms with E-state index in [1.807, 2.05) is 51.3 Å². The molecule has 1 fully saturated rings. The van der Waals surface area contributed by atoms with Crippen molar-refractivity contribution >= 4 is 58.7 Å². The number of rotatable bonds is 8. The highest BCUT2D eigenvalue weighted by atomic mass is 79.9. The molecule has 14 heteroatoms. The Morgan fingerprint density at radius 3 is 2.66 bits per heavy atom. The predicted octanol–water partition coefficient (Wildman–Crippen LogP) is 4.46. The van der Waals surface area contributed by atoms with E-state index in [4.69, 9.17) is 14.0 Å². The molecule has 0 bridgehead atoms. The minimum Gasteiger partial charge on any atom is -0.465 e. The van der Waals surface area contributed by atoms with Gasteiger partial charge in [0.05, 0.1) is 13.7 Å². The van der Waals surface area contributed by atoms with Crippen LogP contribution < -0.4 is 5.56 Å². The van der Waals surface area contributed by atoms with E-state index in [9.17, 15) is 14.7 Å². The van der Waals surface area contributed by atoms with Gasteiger partial charge in [-0.3, -0.25) is 14.2 Å². The average molecular weight is 628 g/mol. The number of carbonyl (C=O) groups excluding carboxylic acids is 1. The van der Waals surface area contributed by atoms with Crippen LogP contribution in [0.5, 0.6) is 0 Å². The molecular formula is C24H31BrN5O6PS. The molecule has 206 valence electrons. The molecule has 1 aliphatic rings. The largest absolute Gasteiger partial charge is 0.465 e. The number of aromatic amines is 1. The molecule has 2 N–H and O–H groups in total. The van der Waals surface area contributed by atoms with E-state index in [0.717, 1.165) is 16.8 Å². The Hall–Kier alpha value is -2.28. The zero-order valence-electron chi connectivity index (χ0n) is 20.5. The van der Waals surface area contributed by atoms with Crippen LogP contribution in [0.1, 0.15) is 33.1 Å². The van der Waals surface area contributed by atoms with Gasteiger partial charge >= 0.3 is 0 Å². The van der Waals surface area contributed by atoms with Crippen LogP contribution in [-0.2, 0) is 18.8 Å². The molecule has 1 aliphatic heterocycles. The molecule has 4 aromatic rings. The lowest BCUT2D eigenvalue weighted by molar-refractivity contribution is -0.134. The number of imidazole rings is 2. The third-order valence-corrected chi connectivity index (χ3v) is 7.61. The van der Waals surface area contributed by atoms with Crippen LogP contribution in [0.3, 0.4) is 0 Å². The van der Waals surface area contributed by atoms with Gasteiger partial charge in [0.25, 0.3) is 12.0 Å². The molecule has 0 amide bonds. The summed E-state index contributed by atoms with van der Waals surface area (Å²) in [5.74, 6) is 0.316. The first kappa shape index (κ1) is 30.3. The van der Waals surface area contributed by atoms with Gasteiger partial charge in [-0.05, 0) is 34.7 Å². The summed E-state index contributed by atoms with van der Waals surface area (Å²) in [4.78, 5) is 36.2. The summed E-state index contributed by atoms with van der Waals surface area (Å²) in [5.41, 5.74) is 2.72. The molecular weight excluding hydrogens is 597 g/mol. The number of nitrogens with one attached hydrogen (secondary N) is 1. The Kier molecular flexibility index (Phi) is 10.5. The maximum Gasteiger partial charge on any atom is 0.293 e. The summed E-state index contributed by atoms with van der Waals surface area (Å²) in [5, 5.41) is 11.1. The van der Waals surface area contributed by atoms with E-state index in [-0.39, 0.29) is 43.5 Å². The number of ether oxygens (including phenoxy) is 2. The Labute approximate surface area is 234 Å². The molecule has 38 heavy (non-hydrogen) atoms. The highest BCUT2D eigenvalue weighted by Gasteiger charge is 2.47. The molecule has 4 heterocycles. The smallest absolute Gasteiger partial charge is 0.293 e. The van der Waals surface area contributed by atoms with E-state index in [1.165, 1.54) is 20.3 Å².